The van der Waals surface area contributed by atoms with Crippen LogP contribution < -0.4 is 5.32 Å². The molecule has 0 aromatic heterocycles. The number of nitrogens with one attached hydrogen (secondary N) is 1. The molecule has 0 heterocycles. The Morgan fingerprint density at radius 1 is 1.39 bits per heavy atom. The average Bonchev–Trinajstić information content (AvgIpc) is 2.38. The molecule has 1 aromatic rings. The third kappa shape index (κ3) is 3.25. The van der Waals surface area contributed by atoms with E-state index in [1.807, 2.05) is 0 Å². The van der Waals surface area contributed by atoms with E-state index in [0.29, 0.717) is 6.04 Å². The highest BCUT2D eigenvalue weighted by molar-refractivity contribution is 5.72. The van der Waals surface area contributed by atoms with Crippen LogP contribution in [0.2, 0.25) is 0 Å². The van der Waals surface area contributed by atoms with Crippen molar-refractivity contribution in [2.75, 3.05) is 12.4 Å². The molecule has 0 saturated heterocycles. The summed E-state index contributed by atoms with van der Waals surface area (Å²) in [7, 11) is 1.47. The van der Waals surface area contributed by atoms with E-state index in [1.54, 1.807) is 0 Å². The molecule has 0 spiro atoms. The van der Waals surface area contributed by atoms with E-state index in [9.17, 15) is 4.79 Å². The lowest BCUT2D eigenvalue weighted by atomic mass is 9.85. The number of ether oxygens (including phenoxy) is 1. The van der Waals surface area contributed by atoms with Gasteiger partial charge in [0.1, 0.15) is 0 Å². The van der Waals surface area contributed by atoms with Crippen molar-refractivity contribution >= 4 is 11.7 Å². The highest BCUT2D eigenvalue weighted by Gasteiger charge is 2.27. The maximum Gasteiger partial charge on any atom is 0.308 e. The van der Waals surface area contributed by atoms with Gasteiger partial charge in [0, 0.05) is 11.7 Å². The number of hydrogen-bond donors (Lipinski definition) is 1. The number of aryl methyl sites for hydroxylation is 1. The minimum Gasteiger partial charge on any atom is -0.469 e. The van der Waals surface area contributed by atoms with Crippen molar-refractivity contribution in [1.82, 2.24) is 0 Å². The quantitative estimate of drug-likeness (QED) is 0.834. The summed E-state index contributed by atoms with van der Waals surface area (Å²) in [6.45, 7) is 2.09. The molecule has 1 aliphatic rings. The van der Waals surface area contributed by atoms with Gasteiger partial charge in [-0.15, -0.1) is 0 Å². The standard InChI is InChI=1S/C15H21NO2/c1-11-5-3-7-13(9-11)16-14-8-4-6-12(10-14)15(17)18-2/h3,5,7,9,12,14,16H,4,6,8,10H2,1-2H3. The van der Waals surface area contributed by atoms with Crippen LogP contribution in [0.25, 0.3) is 0 Å². The second kappa shape index (κ2) is 5.89. The summed E-state index contributed by atoms with van der Waals surface area (Å²) in [5.41, 5.74) is 2.39. The first-order valence-corrected chi connectivity index (χ1v) is 6.60. The molecule has 1 saturated carbocycles. The van der Waals surface area contributed by atoms with Crippen LogP contribution in [0.1, 0.15) is 31.2 Å². The third-order valence-corrected chi connectivity index (χ3v) is 3.60. The SMILES string of the molecule is COC(=O)C1CCCC(Nc2cccc(C)c2)C1. The van der Waals surface area contributed by atoms with E-state index in [2.05, 4.69) is 36.5 Å². The molecule has 0 bridgehead atoms. The minimum absolute atomic E-state index is 0.0612. The summed E-state index contributed by atoms with van der Waals surface area (Å²) in [4.78, 5) is 11.6. The van der Waals surface area contributed by atoms with Crippen molar-refractivity contribution in [3.63, 3.8) is 0 Å². The number of anilines is 1. The van der Waals surface area contributed by atoms with Gasteiger partial charge in [-0.1, -0.05) is 18.6 Å². The highest BCUT2D eigenvalue weighted by Crippen LogP contribution is 2.27. The fraction of sp³-hybridized carbons (Fsp3) is 0.533. The number of benzene rings is 1. The Balaban J connectivity index is 1.95. The first kappa shape index (κ1) is 12.9. The molecule has 98 valence electrons. The van der Waals surface area contributed by atoms with Crippen molar-refractivity contribution in [1.29, 1.82) is 0 Å². The van der Waals surface area contributed by atoms with Gasteiger partial charge in [-0.3, -0.25) is 4.79 Å². The number of hydrogen-bond acceptors (Lipinski definition) is 3. The minimum atomic E-state index is -0.0641. The third-order valence-electron chi connectivity index (χ3n) is 3.60. The lowest BCUT2D eigenvalue weighted by Crippen LogP contribution is -2.31. The molecule has 0 radical (unpaired) electrons. The van der Waals surface area contributed by atoms with Gasteiger partial charge in [0.25, 0.3) is 0 Å². The summed E-state index contributed by atoms with van der Waals surface area (Å²) >= 11 is 0. The van der Waals surface area contributed by atoms with Crippen molar-refractivity contribution in [3.05, 3.63) is 29.8 Å². The molecule has 1 aromatic carbocycles. The van der Waals surface area contributed by atoms with Crippen molar-refractivity contribution < 1.29 is 9.53 Å². The second-order valence-corrected chi connectivity index (χ2v) is 5.10. The van der Waals surface area contributed by atoms with Crippen LogP contribution in [0.4, 0.5) is 5.69 Å². The number of esters is 1. The first-order chi connectivity index (χ1) is 8.69. The Morgan fingerprint density at radius 2 is 2.22 bits per heavy atom. The molecule has 1 N–H and O–H groups in total. The van der Waals surface area contributed by atoms with Gasteiger partial charge >= 0.3 is 5.97 Å². The Bertz CT molecular complexity index is 417. The van der Waals surface area contributed by atoms with Gasteiger partial charge in [0.05, 0.1) is 13.0 Å². The number of rotatable bonds is 3. The topological polar surface area (TPSA) is 38.3 Å². The zero-order chi connectivity index (χ0) is 13.0. The van der Waals surface area contributed by atoms with Gasteiger partial charge < -0.3 is 10.1 Å². The number of methoxy groups -OCH3 is 1. The summed E-state index contributed by atoms with van der Waals surface area (Å²) in [6.07, 6.45) is 4.05. The lowest BCUT2D eigenvalue weighted by Gasteiger charge is -2.29. The van der Waals surface area contributed by atoms with Crippen LogP contribution in [0.5, 0.6) is 0 Å². The molecule has 2 atom stereocenters. The van der Waals surface area contributed by atoms with Crippen LogP contribution >= 0.6 is 0 Å². The largest absolute Gasteiger partial charge is 0.469 e. The summed E-state index contributed by atoms with van der Waals surface area (Å²) < 4.78 is 4.84. The summed E-state index contributed by atoms with van der Waals surface area (Å²) in [6, 6.07) is 8.74. The molecule has 18 heavy (non-hydrogen) atoms. The smallest absolute Gasteiger partial charge is 0.308 e. The Hall–Kier alpha value is -1.51. The second-order valence-electron chi connectivity index (χ2n) is 5.10. The van der Waals surface area contributed by atoms with Gasteiger partial charge in [-0.05, 0) is 43.9 Å². The Morgan fingerprint density at radius 3 is 2.94 bits per heavy atom. The zero-order valence-electron chi connectivity index (χ0n) is 11.1. The predicted molar refractivity (Wildman–Crippen MR) is 72.6 cm³/mol. The van der Waals surface area contributed by atoms with E-state index in [-0.39, 0.29) is 11.9 Å². The van der Waals surface area contributed by atoms with Crippen LogP contribution in [-0.2, 0) is 9.53 Å². The molecule has 1 aliphatic carbocycles. The van der Waals surface area contributed by atoms with Crippen molar-refractivity contribution in [3.8, 4) is 0 Å². The predicted octanol–water partition coefficient (Wildman–Crippen LogP) is 3.14. The van der Waals surface area contributed by atoms with Crippen molar-refractivity contribution in [2.24, 2.45) is 5.92 Å². The Kier molecular flexibility index (Phi) is 4.24. The van der Waals surface area contributed by atoms with Gasteiger partial charge in [-0.2, -0.15) is 0 Å². The van der Waals surface area contributed by atoms with E-state index < -0.39 is 0 Å². The molecular formula is C15H21NO2. The van der Waals surface area contributed by atoms with Crippen molar-refractivity contribution in [2.45, 2.75) is 38.6 Å². The fourth-order valence-electron chi connectivity index (χ4n) is 2.67. The molecule has 0 aliphatic heterocycles. The molecule has 0 amide bonds. The molecule has 2 unspecified atom stereocenters. The molecular weight excluding hydrogens is 226 g/mol. The number of carbonyl (C=O) groups is 1. The maximum atomic E-state index is 11.6. The van der Waals surface area contributed by atoms with Crippen LogP contribution in [0, 0.1) is 12.8 Å². The van der Waals surface area contributed by atoms with E-state index >= 15 is 0 Å². The monoisotopic (exact) mass is 247 g/mol. The highest BCUT2D eigenvalue weighted by atomic mass is 16.5. The van der Waals surface area contributed by atoms with E-state index in [1.165, 1.54) is 12.7 Å². The van der Waals surface area contributed by atoms with Gasteiger partial charge in [0.15, 0.2) is 0 Å². The summed E-state index contributed by atoms with van der Waals surface area (Å²) in [5, 5.41) is 3.52. The van der Waals surface area contributed by atoms with E-state index in [4.69, 9.17) is 4.74 Å². The Labute approximate surface area is 109 Å². The van der Waals surface area contributed by atoms with E-state index in [0.717, 1.165) is 31.4 Å². The maximum absolute atomic E-state index is 11.6. The fourth-order valence-corrected chi connectivity index (χ4v) is 2.67. The average molecular weight is 247 g/mol. The molecule has 3 heteroatoms. The molecule has 3 nitrogen and oxygen atoms in total. The number of carbonyl (C=O) groups excluding carboxylic acids is 1. The summed E-state index contributed by atoms with van der Waals surface area (Å²) in [5.74, 6) is -0.00296. The van der Waals surface area contributed by atoms with Crippen LogP contribution in [0.3, 0.4) is 0 Å². The molecule has 2 rings (SSSR count). The van der Waals surface area contributed by atoms with Gasteiger partial charge in [0.2, 0.25) is 0 Å². The molecule has 1 fully saturated rings. The van der Waals surface area contributed by atoms with Gasteiger partial charge in [-0.25, -0.2) is 0 Å². The zero-order valence-corrected chi connectivity index (χ0v) is 11.1. The lowest BCUT2D eigenvalue weighted by molar-refractivity contribution is -0.146. The van der Waals surface area contributed by atoms with Crippen LogP contribution in [-0.4, -0.2) is 19.1 Å². The van der Waals surface area contributed by atoms with Crippen LogP contribution in [0.15, 0.2) is 24.3 Å². The first-order valence-electron chi connectivity index (χ1n) is 6.60. The normalized spacial score (nSPS) is 23.4.